The summed E-state index contributed by atoms with van der Waals surface area (Å²) in [5, 5.41) is 6.46. The van der Waals surface area contributed by atoms with Crippen molar-refractivity contribution in [2.75, 3.05) is 26.3 Å². The van der Waals surface area contributed by atoms with Crippen molar-refractivity contribution >= 4 is 26.8 Å². The number of nitrogens with zero attached hydrogens (tertiary/aromatic N) is 5. The second kappa shape index (κ2) is 13.3. The van der Waals surface area contributed by atoms with E-state index in [0.29, 0.717) is 10.7 Å². The number of carbonyl (C=O) groups is 1. The molecule has 1 saturated heterocycles. The number of alkyl halides is 4. The van der Waals surface area contributed by atoms with Gasteiger partial charge in [-0.1, -0.05) is 12.1 Å². The lowest BCUT2D eigenvalue weighted by atomic mass is 10.0. The molecule has 1 saturated carbocycles. The third-order valence-corrected chi connectivity index (χ3v) is 11.9. The van der Waals surface area contributed by atoms with Crippen molar-refractivity contribution in [3.63, 3.8) is 0 Å². The number of fused-ring (bicyclic) bond motifs is 4. The molecule has 5 aromatic rings. The van der Waals surface area contributed by atoms with Gasteiger partial charge in [0.1, 0.15) is 35.4 Å². The standard InChI is InChI=1S/C36H30F6N6O5S/c37-20-13-19(14-21(38)16-20)15-28(43-29(49)18-47-32-30(31(45-47)33(39)40)25-17-26(25)36(32,41)42)34-44-27-4-2-1-3-24(27)35(50)48(34)22-5-7-23(8-6-22)54(51,52)46-9-11-53-12-10-46/h1-8,13-14,16,25-26,28,33H,9-12,15,17-18H2,(H,43,49)/t25-,26+,28?/m0/s1. The Kier molecular flexibility index (Phi) is 8.88. The zero-order valence-electron chi connectivity index (χ0n) is 28.1. The van der Waals surface area contributed by atoms with Gasteiger partial charge in [-0.3, -0.25) is 18.8 Å². The van der Waals surface area contributed by atoms with Crippen LogP contribution in [0.3, 0.4) is 0 Å². The molecule has 282 valence electrons. The second-order valence-electron chi connectivity index (χ2n) is 13.4. The van der Waals surface area contributed by atoms with E-state index < -0.39 is 81.3 Å². The van der Waals surface area contributed by atoms with Crippen LogP contribution in [0.2, 0.25) is 0 Å². The molecule has 0 spiro atoms. The van der Waals surface area contributed by atoms with E-state index >= 15 is 8.78 Å². The predicted octanol–water partition coefficient (Wildman–Crippen LogP) is 5.13. The number of para-hydroxylation sites is 1. The maximum absolute atomic E-state index is 15.3. The molecule has 54 heavy (non-hydrogen) atoms. The Labute approximate surface area is 303 Å². The summed E-state index contributed by atoms with van der Waals surface area (Å²) in [6, 6.07) is 12.8. The van der Waals surface area contributed by atoms with E-state index in [0.717, 1.165) is 16.7 Å². The van der Waals surface area contributed by atoms with Gasteiger partial charge in [0.25, 0.3) is 17.9 Å². The Morgan fingerprint density at radius 1 is 1.00 bits per heavy atom. The largest absolute Gasteiger partial charge is 0.379 e. The highest BCUT2D eigenvalue weighted by molar-refractivity contribution is 7.89. The summed E-state index contributed by atoms with van der Waals surface area (Å²) < 4.78 is 122. The number of rotatable bonds is 10. The third-order valence-electron chi connectivity index (χ3n) is 9.97. The average molecular weight is 773 g/mol. The summed E-state index contributed by atoms with van der Waals surface area (Å²) >= 11 is 0. The zero-order chi connectivity index (χ0) is 38.1. The van der Waals surface area contributed by atoms with Gasteiger partial charge in [0.2, 0.25) is 15.9 Å². The van der Waals surface area contributed by atoms with Crippen molar-refractivity contribution in [2.24, 2.45) is 5.92 Å². The summed E-state index contributed by atoms with van der Waals surface area (Å²) in [4.78, 5) is 32.6. The predicted molar refractivity (Wildman–Crippen MR) is 180 cm³/mol. The molecule has 3 aliphatic rings. The van der Waals surface area contributed by atoms with Crippen LogP contribution in [0.15, 0.2) is 76.4 Å². The molecule has 3 aromatic carbocycles. The van der Waals surface area contributed by atoms with Crippen molar-refractivity contribution in [2.45, 2.75) is 48.6 Å². The highest BCUT2D eigenvalue weighted by atomic mass is 32.2. The molecular weight excluding hydrogens is 742 g/mol. The number of benzene rings is 3. The minimum atomic E-state index is -3.93. The zero-order valence-corrected chi connectivity index (χ0v) is 28.9. The van der Waals surface area contributed by atoms with E-state index in [1.165, 1.54) is 40.7 Å². The van der Waals surface area contributed by atoms with Crippen molar-refractivity contribution < 1.29 is 44.3 Å². The molecule has 1 amide bonds. The smallest absolute Gasteiger partial charge is 0.293 e. The minimum absolute atomic E-state index is 0.0188. The number of carbonyl (C=O) groups excluding carboxylic acids is 1. The molecular formula is C36H30F6N6O5S. The van der Waals surface area contributed by atoms with Crippen molar-refractivity contribution in [3.8, 4) is 5.69 Å². The fourth-order valence-corrected chi connectivity index (χ4v) is 8.87. The summed E-state index contributed by atoms with van der Waals surface area (Å²) in [5.74, 6) is -8.50. The van der Waals surface area contributed by atoms with Crippen molar-refractivity contribution in [3.05, 3.63) is 117 Å². The van der Waals surface area contributed by atoms with Gasteiger partial charge in [-0.2, -0.15) is 18.2 Å². The van der Waals surface area contributed by atoms with Crippen LogP contribution in [0, 0.1) is 17.6 Å². The maximum atomic E-state index is 15.3. The van der Waals surface area contributed by atoms with E-state index in [-0.39, 0.29) is 77.6 Å². The van der Waals surface area contributed by atoms with Gasteiger partial charge in [0, 0.05) is 37.1 Å². The lowest BCUT2D eigenvalue weighted by Gasteiger charge is -2.26. The molecule has 1 aliphatic heterocycles. The van der Waals surface area contributed by atoms with E-state index in [9.17, 15) is 35.6 Å². The van der Waals surface area contributed by atoms with Gasteiger partial charge in [-0.25, -0.2) is 31.0 Å². The molecule has 3 heterocycles. The fourth-order valence-electron chi connectivity index (χ4n) is 7.46. The van der Waals surface area contributed by atoms with Gasteiger partial charge < -0.3 is 10.1 Å². The number of halogens is 6. The average Bonchev–Trinajstić information content (AvgIpc) is 3.80. The molecule has 2 fully saturated rings. The van der Waals surface area contributed by atoms with Crippen molar-refractivity contribution in [1.82, 2.24) is 29.0 Å². The Hall–Kier alpha value is -5.07. The van der Waals surface area contributed by atoms with E-state index in [1.807, 2.05) is 0 Å². The van der Waals surface area contributed by atoms with Crippen LogP contribution in [0.25, 0.3) is 16.6 Å². The number of ether oxygens (including phenoxy) is 1. The summed E-state index contributed by atoms with van der Waals surface area (Å²) in [6.07, 6.45) is -3.52. The quantitative estimate of drug-likeness (QED) is 0.195. The number of nitrogens with one attached hydrogen (secondary N) is 1. The first-order valence-corrected chi connectivity index (χ1v) is 18.4. The lowest BCUT2D eigenvalue weighted by molar-refractivity contribution is -0.123. The van der Waals surface area contributed by atoms with E-state index in [4.69, 9.17) is 4.74 Å². The Balaban J connectivity index is 1.21. The summed E-state index contributed by atoms with van der Waals surface area (Å²) in [7, 11) is -3.93. The molecule has 11 nitrogen and oxygen atoms in total. The van der Waals surface area contributed by atoms with Crippen molar-refractivity contribution in [1.29, 1.82) is 0 Å². The minimum Gasteiger partial charge on any atom is -0.379 e. The van der Waals surface area contributed by atoms with Gasteiger partial charge >= 0.3 is 0 Å². The molecule has 2 aromatic heterocycles. The van der Waals surface area contributed by atoms with Gasteiger partial charge in [-0.15, -0.1) is 0 Å². The molecule has 1 unspecified atom stereocenters. The van der Waals surface area contributed by atoms with E-state index in [2.05, 4.69) is 15.4 Å². The monoisotopic (exact) mass is 772 g/mol. The topological polar surface area (TPSA) is 128 Å². The molecule has 2 aliphatic carbocycles. The fraction of sp³-hybridized carbons (Fsp3) is 0.333. The molecule has 1 N–H and O–H groups in total. The van der Waals surface area contributed by atoms with Gasteiger partial charge in [-0.05, 0) is 66.4 Å². The number of morpholine rings is 1. The second-order valence-corrected chi connectivity index (χ2v) is 15.4. The number of hydrogen-bond donors (Lipinski definition) is 1. The molecule has 18 heteroatoms. The SMILES string of the molecule is O=C(Cn1nc(C(F)F)c2c1C(F)(F)[C@@H]1C[C@H]21)NC(Cc1cc(F)cc(F)c1)c1nc2ccccc2c(=O)n1-c1ccc(S(=O)(=O)N2CCOCC2)cc1. The number of hydrogen-bond acceptors (Lipinski definition) is 7. The van der Waals surface area contributed by atoms with Crippen LogP contribution in [-0.2, 0) is 38.4 Å². The Morgan fingerprint density at radius 2 is 1.69 bits per heavy atom. The van der Waals surface area contributed by atoms with Crippen LogP contribution < -0.4 is 10.9 Å². The summed E-state index contributed by atoms with van der Waals surface area (Å²) in [6.45, 7) is -0.187. The number of aromatic nitrogens is 4. The number of amides is 1. The van der Waals surface area contributed by atoms with Crippen LogP contribution in [0.4, 0.5) is 26.3 Å². The molecule has 3 atom stereocenters. The van der Waals surface area contributed by atoms with Crippen LogP contribution in [-0.4, -0.2) is 64.3 Å². The summed E-state index contributed by atoms with van der Waals surface area (Å²) in [5.41, 5.74) is -2.17. The van der Waals surface area contributed by atoms with Gasteiger partial charge in [0.05, 0.1) is 40.7 Å². The lowest BCUT2D eigenvalue weighted by Crippen LogP contribution is -2.40. The van der Waals surface area contributed by atoms with Gasteiger partial charge in [0.15, 0.2) is 0 Å². The van der Waals surface area contributed by atoms with Crippen LogP contribution in [0.1, 0.15) is 53.1 Å². The first kappa shape index (κ1) is 35.9. The number of sulfonamides is 1. The first-order valence-electron chi connectivity index (χ1n) is 17.0. The highest BCUT2D eigenvalue weighted by Crippen LogP contribution is 2.68. The normalized spacial score (nSPS) is 19.8. The Bertz CT molecular complexity index is 2450. The third kappa shape index (κ3) is 6.24. The molecule has 0 radical (unpaired) electrons. The Morgan fingerprint density at radius 3 is 2.37 bits per heavy atom. The van der Waals surface area contributed by atoms with E-state index in [1.54, 1.807) is 12.1 Å². The maximum Gasteiger partial charge on any atom is 0.293 e. The van der Waals surface area contributed by atoms with Crippen LogP contribution >= 0.6 is 0 Å². The van der Waals surface area contributed by atoms with Crippen LogP contribution in [0.5, 0.6) is 0 Å². The molecule has 8 rings (SSSR count). The molecule has 0 bridgehead atoms. The highest BCUT2D eigenvalue weighted by Gasteiger charge is 2.67. The first-order chi connectivity index (χ1) is 25.7.